The zero-order valence-electron chi connectivity index (χ0n) is 23.8. The van der Waals surface area contributed by atoms with Crippen molar-refractivity contribution in [3.63, 3.8) is 0 Å². The van der Waals surface area contributed by atoms with Crippen molar-refractivity contribution < 1.29 is 41.4 Å². The Labute approximate surface area is 243 Å². The predicted octanol–water partition coefficient (Wildman–Crippen LogP) is 1.77. The third-order valence-corrected chi connectivity index (χ3v) is 8.74. The SMILES string of the molecule is COc1cc2cc(C(=O)NC(CC(C)C)C(=O)N[C@H]3CCCN(S(=O)(=O)c4cccc[n+]4[O-])CC3=O)oc2cc1OC. The minimum absolute atomic E-state index is 0.00310. The predicted molar refractivity (Wildman–Crippen MR) is 150 cm³/mol. The molecule has 3 heterocycles. The van der Waals surface area contributed by atoms with Gasteiger partial charge in [-0.15, -0.1) is 0 Å². The van der Waals surface area contributed by atoms with E-state index in [1.807, 2.05) is 13.8 Å². The van der Waals surface area contributed by atoms with E-state index >= 15 is 0 Å². The van der Waals surface area contributed by atoms with Gasteiger partial charge in [0.05, 0.1) is 26.8 Å². The van der Waals surface area contributed by atoms with Crippen LogP contribution in [0.1, 0.15) is 43.7 Å². The van der Waals surface area contributed by atoms with E-state index in [2.05, 4.69) is 10.6 Å². The lowest BCUT2D eigenvalue weighted by Gasteiger charge is -2.23. The van der Waals surface area contributed by atoms with Crippen molar-refractivity contribution in [2.45, 2.75) is 50.2 Å². The highest BCUT2D eigenvalue weighted by atomic mass is 32.2. The summed E-state index contributed by atoms with van der Waals surface area (Å²) in [7, 11) is -1.26. The number of carbonyl (C=O) groups is 3. The van der Waals surface area contributed by atoms with Gasteiger partial charge in [0.15, 0.2) is 29.2 Å². The van der Waals surface area contributed by atoms with Crippen molar-refractivity contribution in [3.8, 4) is 11.5 Å². The van der Waals surface area contributed by atoms with Crippen molar-refractivity contribution in [1.82, 2.24) is 14.9 Å². The van der Waals surface area contributed by atoms with E-state index in [0.717, 1.165) is 10.5 Å². The molecule has 1 aliphatic rings. The summed E-state index contributed by atoms with van der Waals surface area (Å²) < 4.78 is 43.6. The van der Waals surface area contributed by atoms with E-state index in [1.165, 1.54) is 38.5 Å². The summed E-state index contributed by atoms with van der Waals surface area (Å²) in [5.41, 5.74) is 0.393. The van der Waals surface area contributed by atoms with Gasteiger partial charge >= 0.3 is 15.0 Å². The Morgan fingerprint density at radius 3 is 2.55 bits per heavy atom. The fourth-order valence-corrected chi connectivity index (χ4v) is 6.25. The maximum Gasteiger partial charge on any atom is 0.323 e. The van der Waals surface area contributed by atoms with Gasteiger partial charge in [-0.3, -0.25) is 14.4 Å². The first-order valence-electron chi connectivity index (χ1n) is 13.4. The molecule has 1 aromatic carbocycles. The van der Waals surface area contributed by atoms with E-state index in [-0.39, 0.29) is 42.2 Å². The van der Waals surface area contributed by atoms with Gasteiger partial charge in [-0.2, -0.15) is 9.04 Å². The number of nitrogens with one attached hydrogen (secondary N) is 2. The normalized spacial score (nSPS) is 17.1. The van der Waals surface area contributed by atoms with Crippen LogP contribution in [0.2, 0.25) is 0 Å². The third-order valence-electron chi connectivity index (χ3n) is 6.91. The smallest absolute Gasteiger partial charge is 0.323 e. The summed E-state index contributed by atoms with van der Waals surface area (Å²) in [4.78, 5) is 39.6. The molecular weight excluding hydrogens is 568 g/mol. The van der Waals surface area contributed by atoms with Crippen molar-refractivity contribution in [1.29, 1.82) is 0 Å². The molecule has 0 saturated carbocycles. The summed E-state index contributed by atoms with van der Waals surface area (Å²) in [6.07, 6.45) is 1.81. The average molecular weight is 603 g/mol. The second-order valence-electron chi connectivity index (χ2n) is 10.4. The molecule has 226 valence electrons. The fraction of sp³-hybridized carbons (Fsp3) is 0.429. The minimum atomic E-state index is -4.23. The Morgan fingerprint density at radius 2 is 1.88 bits per heavy atom. The van der Waals surface area contributed by atoms with Crippen LogP contribution in [0, 0.1) is 11.1 Å². The number of ketones is 1. The number of sulfonamides is 1. The van der Waals surface area contributed by atoms with Crippen LogP contribution in [0.5, 0.6) is 11.5 Å². The lowest BCUT2D eigenvalue weighted by Crippen LogP contribution is -2.52. The number of pyridine rings is 1. The van der Waals surface area contributed by atoms with Gasteiger partial charge < -0.3 is 29.7 Å². The molecular formula is C28H34N4O9S. The van der Waals surface area contributed by atoms with E-state index in [4.69, 9.17) is 13.9 Å². The maximum atomic E-state index is 13.3. The van der Waals surface area contributed by atoms with Crippen LogP contribution in [0.4, 0.5) is 0 Å². The zero-order valence-corrected chi connectivity index (χ0v) is 24.6. The number of furan rings is 1. The Balaban J connectivity index is 1.47. The molecule has 3 aromatic rings. The van der Waals surface area contributed by atoms with E-state index in [0.29, 0.717) is 22.5 Å². The molecule has 0 radical (unpaired) electrons. The van der Waals surface area contributed by atoms with Gasteiger partial charge in [0, 0.05) is 30.1 Å². The van der Waals surface area contributed by atoms with Crippen molar-refractivity contribution in [2.24, 2.45) is 5.92 Å². The van der Waals surface area contributed by atoms with Crippen LogP contribution < -0.4 is 24.8 Å². The monoisotopic (exact) mass is 602 g/mol. The number of Topliss-reactive ketones (excluding diaryl/α,β-unsaturated/α-hetero) is 1. The highest BCUT2D eigenvalue weighted by Gasteiger charge is 2.37. The molecule has 1 aliphatic heterocycles. The number of rotatable bonds is 10. The van der Waals surface area contributed by atoms with Gasteiger partial charge in [-0.05, 0) is 43.4 Å². The molecule has 13 nitrogen and oxygen atoms in total. The second-order valence-corrected chi connectivity index (χ2v) is 12.3. The number of aromatic nitrogens is 1. The molecule has 1 unspecified atom stereocenters. The molecule has 0 bridgehead atoms. The van der Waals surface area contributed by atoms with Gasteiger partial charge in [0.25, 0.3) is 5.91 Å². The topological polar surface area (TPSA) is 171 Å². The number of methoxy groups -OCH3 is 2. The molecule has 4 rings (SSSR count). The highest BCUT2D eigenvalue weighted by molar-refractivity contribution is 7.89. The van der Waals surface area contributed by atoms with Gasteiger partial charge in [0.2, 0.25) is 5.91 Å². The van der Waals surface area contributed by atoms with Gasteiger partial charge in [0.1, 0.15) is 11.6 Å². The summed E-state index contributed by atoms with van der Waals surface area (Å²) in [5.74, 6) is -0.836. The molecule has 14 heteroatoms. The molecule has 2 atom stereocenters. The first-order chi connectivity index (χ1) is 19.9. The Morgan fingerprint density at radius 1 is 1.17 bits per heavy atom. The molecule has 2 amide bonds. The average Bonchev–Trinajstić information content (AvgIpc) is 3.28. The Hall–Kier alpha value is -4.17. The largest absolute Gasteiger partial charge is 0.618 e. The van der Waals surface area contributed by atoms with Crippen molar-refractivity contribution >= 4 is 38.6 Å². The molecule has 2 N–H and O–H groups in total. The Kier molecular flexibility index (Phi) is 9.36. The van der Waals surface area contributed by atoms with E-state index in [1.54, 1.807) is 12.1 Å². The number of hydrogen-bond donors (Lipinski definition) is 2. The Bertz CT molecular complexity index is 1540. The number of nitrogens with zero attached hydrogens (tertiary/aromatic N) is 2. The summed E-state index contributed by atoms with van der Waals surface area (Å²) in [5, 5.41) is 17.6. The van der Waals surface area contributed by atoms with Gasteiger partial charge in [-0.1, -0.05) is 13.8 Å². The minimum Gasteiger partial charge on any atom is -0.618 e. The number of hydrogen-bond acceptors (Lipinski definition) is 9. The summed E-state index contributed by atoms with van der Waals surface area (Å²) >= 11 is 0. The number of benzene rings is 1. The zero-order chi connectivity index (χ0) is 30.6. The van der Waals surface area contributed by atoms with Crippen LogP contribution >= 0.6 is 0 Å². The lowest BCUT2D eigenvalue weighted by atomic mass is 10.0. The molecule has 0 spiro atoms. The van der Waals surface area contributed by atoms with E-state index in [9.17, 15) is 28.0 Å². The molecule has 1 fully saturated rings. The lowest BCUT2D eigenvalue weighted by molar-refractivity contribution is -0.646. The first-order valence-corrected chi connectivity index (χ1v) is 14.9. The number of ether oxygens (including phenoxy) is 2. The maximum absolute atomic E-state index is 13.3. The summed E-state index contributed by atoms with van der Waals surface area (Å²) in [6.45, 7) is 3.27. The van der Waals surface area contributed by atoms with Crippen LogP contribution in [0.15, 0.2) is 52.0 Å². The van der Waals surface area contributed by atoms with Crippen molar-refractivity contribution in [3.05, 3.63) is 53.6 Å². The highest BCUT2D eigenvalue weighted by Crippen LogP contribution is 2.33. The van der Waals surface area contributed by atoms with Crippen molar-refractivity contribution in [2.75, 3.05) is 27.3 Å². The molecule has 1 saturated heterocycles. The molecule has 0 aliphatic carbocycles. The molecule has 2 aromatic heterocycles. The fourth-order valence-electron chi connectivity index (χ4n) is 4.78. The molecule has 42 heavy (non-hydrogen) atoms. The number of amides is 2. The quantitative estimate of drug-likeness (QED) is 0.259. The van der Waals surface area contributed by atoms with Crippen LogP contribution in [0.3, 0.4) is 0 Å². The third kappa shape index (κ3) is 6.65. The van der Waals surface area contributed by atoms with Crippen LogP contribution in [-0.2, 0) is 19.6 Å². The van der Waals surface area contributed by atoms with Crippen LogP contribution in [0.25, 0.3) is 11.0 Å². The second kappa shape index (κ2) is 12.8. The number of carbonyl (C=O) groups excluding carboxylic acids is 3. The summed E-state index contributed by atoms with van der Waals surface area (Å²) in [6, 6.07) is 6.83. The van der Waals surface area contributed by atoms with E-state index < -0.39 is 51.3 Å². The standard InChI is InChI=1S/C28H34N4O9S/c1-17(2)12-20(30-28(35)25-14-18-13-23(39-3)24(40-4)15-22(18)41-25)27(34)29-19-8-7-10-31(16-21(19)33)42(37,38)26-9-5-6-11-32(26)36/h5-6,9,11,13-15,17,19-20H,7-8,10,12,16H2,1-4H3,(H,29,34)(H,30,35)/t19-,20?/m0/s1. The van der Waals surface area contributed by atoms with Gasteiger partial charge in [-0.25, -0.2) is 8.42 Å². The number of fused-ring (bicyclic) bond motifs is 1. The first kappa shape index (κ1) is 30.8. The van der Waals surface area contributed by atoms with Crippen LogP contribution in [-0.4, -0.2) is 69.7 Å².